The third kappa shape index (κ3) is 3.28. The van der Waals surface area contributed by atoms with Crippen LogP contribution >= 0.6 is 0 Å². The van der Waals surface area contributed by atoms with E-state index in [0.29, 0.717) is 19.4 Å². The Hall–Kier alpha value is -2.05. The molecule has 1 unspecified atom stereocenters. The average molecular weight is 280 g/mol. The number of amides is 1. The van der Waals surface area contributed by atoms with Gasteiger partial charge in [0, 0.05) is 17.4 Å². The molecule has 1 aliphatic carbocycles. The van der Waals surface area contributed by atoms with Crippen LogP contribution in [0.25, 0.3) is 10.4 Å². The Balaban J connectivity index is 1.98. The molecule has 108 valence electrons. The second-order valence-corrected chi connectivity index (χ2v) is 4.85. The van der Waals surface area contributed by atoms with E-state index in [4.69, 9.17) is 15.4 Å². The van der Waals surface area contributed by atoms with Crippen LogP contribution in [0.1, 0.15) is 12.8 Å². The molecule has 1 saturated heterocycles. The number of hydrogen-bond donors (Lipinski definition) is 1. The molecule has 0 spiro atoms. The largest absolute Gasteiger partial charge is 0.479 e. The van der Waals surface area contributed by atoms with Gasteiger partial charge >= 0.3 is 5.97 Å². The highest BCUT2D eigenvalue weighted by atomic mass is 16.5. The number of morpholine rings is 1. The molecule has 0 aromatic carbocycles. The van der Waals surface area contributed by atoms with Gasteiger partial charge in [0.2, 0.25) is 5.91 Å². The van der Waals surface area contributed by atoms with Crippen molar-refractivity contribution in [2.45, 2.75) is 25.0 Å². The maximum Gasteiger partial charge on any atom is 0.334 e. The van der Waals surface area contributed by atoms with E-state index in [1.807, 2.05) is 6.08 Å². The zero-order valence-electron chi connectivity index (χ0n) is 10.9. The molecule has 0 radical (unpaired) electrons. The summed E-state index contributed by atoms with van der Waals surface area (Å²) in [5, 5.41) is 12.5. The minimum Gasteiger partial charge on any atom is -0.479 e. The van der Waals surface area contributed by atoms with Gasteiger partial charge in [0.15, 0.2) is 6.10 Å². The molecule has 8 nitrogen and oxygen atoms in total. The van der Waals surface area contributed by atoms with Crippen molar-refractivity contribution in [3.8, 4) is 0 Å². The Labute approximate surface area is 115 Å². The Bertz CT molecular complexity index is 472. The molecule has 20 heavy (non-hydrogen) atoms. The molecule has 3 atom stereocenters. The lowest BCUT2D eigenvalue weighted by Crippen LogP contribution is -2.50. The quantitative estimate of drug-likeness (QED) is 0.358. The first kappa shape index (κ1) is 14.4. The monoisotopic (exact) mass is 280 g/mol. The summed E-state index contributed by atoms with van der Waals surface area (Å²) in [7, 11) is 0. The fraction of sp³-hybridized carbons (Fsp3) is 0.667. The van der Waals surface area contributed by atoms with Crippen molar-refractivity contribution in [2.24, 2.45) is 11.0 Å². The molecular formula is C12H16N4O4. The smallest absolute Gasteiger partial charge is 0.334 e. The SMILES string of the molecule is [N-]=[N+]=N[C@@H]1C=CC[C@@H](C(=O)N2CCOC(C(=O)O)C2)C1. The summed E-state index contributed by atoms with van der Waals surface area (Å²) in [6, 6.07) is -0.306. The van der Waals surface area contributed by atoms with Gasteiger partial charge in [-0.1, -0.05) is 17.3 Å². The van der Waals surface area contributed by atoms with Crippen LogP contribution < -0.4 is 0 Å². The highest BCUT2D eigenvalue weighted by Crippen LogP contribution is 2.24. The topological polar surface area (TPSA) is 116 Å². The standard InChI is InChI=1S/C12H16N4O4/c13-15-14-9-3-1-2-8(6-9)11(17)16-4-5-20-10(7-16)12(18)19/h1,3,8-10H,2,4-7H2,(H,18,19)/t8-,9-,10?/m1/s1. The normalized spacial score (nSPS) is 29.6. The van der Waals surface area contributed by atoms with Crippen molar-refractivity contribution in [3.05, 3.63) is 22.6 Å². The van der Waals surface area contributed by atoms with Crippen LogP contribution in [0.5, 0.6) is 0 Å². The van der Waals surface area contributed by atoms with Crippen LogP contribution in [0.3, 0.4) is 0 Å². The fourth-order valence-corrected chi connectivity index (χ4v) is 2.48. The summed E-state index contributed by atoms with van der Waals surface area (Å²) in [6.07, 6.45) is 3.73. The summed E-state index contributed by atoms with van der Waals surface area (Å²) in [5.41, 5.74) is 8.44. The van der Waals surface area contributed by atoms with Crippen LogP contribution in [0.15, 0.2) is 17.3 Å². The predicted molar refractivity (Wildman–Crippen MR) is 68.8 cm³/mol. The number of carbonyl (C=O) groups is 2. The Morgan fingerprint density at radius 2 is 2.30 bits per heavy atom. The van der Waals surface area contributed by atoms with Crippen LogP contribution in [-0.2, 0) is 14.3 Å². The molecule has 0 bridgehead atoms. The van der Waals surface area contributed by atoms with Gasteiger partial charge in [0.25, 0.3) is 0 Å². The van der Waals surface area contributed by atoms with Gasteiger partial charge in [-0.3, -0.25) is 4.79 Å². The van der Waals surface area contributed by atoms with E-state index in [1.54, 1.807) is 6.08 Å². The molecular weight excluding hydrogens is 264 g/mol. The number of allylic oxidation sites excluding steroid dienone is 1. The van der Waals surface area contributed by atoms with Gasteiger partial charge in [0.05, 0.1) is 19.2 Å². The number of azide groups is 1. The van der Waals surface area contributed by atoms with Crippen molar-refractivity contribution in [1.82, 2.24) is 4.90 Å². The van der Waals surface area contributed by atoms with Crippen molar-refractivity contribution < 1.29 is 19.4 Å². The zero-order valence-corrected chi connectivity index (χ0v) is 10.9. The number of aliphatic carboxylic acids is 1. The van der Waals surface area contributed by atoms with Crippen molar-refractivity contribution >= 4 is 11.9 Å². The highest BCUT2D eigenvalue weighted by Gasteiger charge is 2.33. The van der Waals surface area contributed by atoms with E-state index in [-0.39, 0.29) is 31.0 Å². The van der Waals surface area contributed by atoms with Crippen LogP contribution in [-0.4, -0.2) is 53.7 Å². The maximum atomic E-state index is 12.4. The van der Waals surface area contributed by atoms with Crippen LogP contribution in [0.2, 0.25) is 0 Å². The molecule has 2 aliphatic rings. The van der Waals surface area contributed by atoms with E-state index in [1.165, 1.54) is 4.90 Å². The van der Waals surface area contributed by atoms with Crippen LogP contribution in [0.4, 0.5) is 0 Å². The summed E-state index contributed by atoms with van der Waals surface area (Å²) in [6.45, 7) is 0.695. The number of ether oxygens (including phenoxy) is 1. The number of carboxylic acids is 1. The Kier molecular flexibility index (Phi) is 4.60. The van der Waals surface area contributed by atoms with Gasteiger partial charge < -0.3 is 14.7 Å². The number of carbonyl (C=O) groups excluding carboxylic acids is 1. The van der Waals surface area contributed by atoms with E-state index in [0.717, 1.165) is 0 Å². The van der Waals surface area contributed by atoms with Gasteiger partial charge in [-0.05, 0) is 18.4 Å². The van der Waals surface area contributed by atoms with E-state index in [9.17, 15) is 9.59 Å². The second kappa shape index (κ2) is 6.40. The van der Waals surface area contributed by atoms with Crippen molar-refractivity contribution in [1.29, 1.82) is 0 Å². The minimum absolute atomic E-state index is 0.0700. The molecule has 1 aliphatic heterocycles. The van der Waals surface area contributed by atoms with Crippen molar-refractivity contribution in [3.63, 3.8) is 0 Å². The second-order valence-electron chi connectivity index (χ2n) is 4.85. The third-order valence-corrected chi connectivity index (χ3v) is 3.51. The fourth-order valence-electron chi connectivity index (χ4n) is 2.48. The summed E-state index contributed by atoms with van der Waals surface area (Å²) >= 11 is 0. The lowest BCUT2D eigenvalue weighted by atomic mass is 9.90. The predicted octanol–water partition coefficient (Wildman–Crippen LogP) is 0.944. The molecule has 0 aromatic rings. The average Bonchev–Trinajstić information content (AvgIpc) is 2.47. The molecule has 0 aromatic heterocycles. The molecule has 2 rings (SSSR count). The number of hydrogen-bond acceptors (Lipinski definition) is 4. The van der Waals surface area contributed by atoms with Gasteiger partial charge in [-0.15, -0.1) is 0 Å². The molecule has 1 heterocycles. The Morgan fingerprint density at radius 1 is 1.50 bits per heavy atom. The lowest BCUT2D eigenvalue weighted by molar-refractivity contribution is -0.160. The molecule has 0 saturated carbocycles. The summed E-state index contributed by atoms with van der Waals surface area (Å²) < 4.78 is 5.09. The first-order valence-electron chi connectivity index (χ1n) is 6.46. The summed E-state index contributed by atoms with van der Waals surface area (Å²) in [4.78, 5) is 27.6. The molecule has 8 heteroatoms. The molecule has 1 amide bonds. The van der Waals surface area contributed by atoms with E-state index >= 15 is 0 Å². The first-order chi connectivity index (χ1) is 9.61. The van der Waals surface area contributed by atoms with Gasteiger partial charge in [-0.2, -0.15) is 0 Å². The van der Waals surface area contributed by atoms with Gasteiger partial charge in [-0.25, -0.2) is 4.79 Å². The van der Waals surface area contributed by atoms with E-state index < -0.39 is 12.1 Å². The molecule has 1 N–H and O–H groups in total. The summed E-state index contributed by atoms with van der Waals surface area (Å²) in [5.74, 6) is -1.41. The molecule has 1 fully saturated rings. The maximum absolute atomic E-state index is 12.4. The number of nitrogens with zero attached hydrogens (tertiary/aromatic N) is 4. The van der Waals surface area contributed by atoms with Crippen molar-refractivity contribution in [2.75, 3.05) is 19.7 Å². The van der Waals surface area contributed by atoms with Gasteiger partial charge in [0.1, 0.15) is 0 Å². The number of carboxylic acid groups (broad SMARTS) is 1. The lowest BCUT2D eigenvalue weighted by Gasteiger charge is -2.34. The van der Waals surface area contributed by atoms with E-state index in [2.05, 4.69) is 10.0 Å². The number of rotatable bonds is 3. The Morgan fingerprint density at radius 3 is 3.00 bits per heavy atom. The minimum atomic E-state index is -1.06. The third-order valence-electron chi connectivity index (χ3n) is 3.51. The zero-order chi connectivity index (χ0) is 14.5. The highest BCUT2D eigenvalue weighted by molar-refractivity contribution is 5.81. The van der Waals surface area contributed by atoms with Crippen LogP contribution in [0, 0.1) is 5.92 Å². The first-order valence-corrected chi connectivity index (χ1v) is 6.46.